The van der Waals surface area contributed by atoms with Gasteiger partial charge >= 0.3 is 0 Å². The van der Waals surface area contributed by atoms with Gasteiger partial charge in [0, 0.05) is 55.1 Å². The largest absolute Gasteiger partial charge is 0.390 e. The number of rotatable bonds is 0. The number of ether oxygens (including phenoxy) is 1. The molecule has 9 nitrogen and oxygen atoms in total. The Labute approximate surface area is 212 Å². The molecule has 0 aromatic carbocycles. The summed E-state index contributed by atoms with van der Waals surface area (Å²) in [7, 11) is 0. The molecule has 0 amide bonds. The quantitative estimate of drug-likeness (QED) is 0.228. The Morgan fingerprint density at radius 1 is 0.778 bits per heavy atom. The van der Waals surface area contributed by atoms with Crippen molar-refractivity contribution < 1.29 is 40.5 Å². The minimum atomic E-state index is -2.02. The van der Waals surface area contributed by atoms with Crippen molar-refractivity contribution in [2.24, 2.45) is 29.1 Å². The molecular formula is C27H43NO8. The number of aliphatic hydroxyl groups excluding tert-OH is 2. The van der Waals surface area contributed by atoms with E-state index in [0.717, 1.165) is 6.42 Å². The van der Waals surface area contributed by atoms with Crippen molar-refractivity contribution in [3.63, 3.8) is 0 Å². The van der Waals surface area contributed by atoms with Crippen LogP contribution in [0.4, 0.5) is 0 Å². The molecule has 3 heterocycles. The first-order valence-corrected chi connectivity index (χ1v) is 14.0. The van der Waals surface area contributed by atoms with Gasteiger partial charge in [-0.3, -0.25) is 4.90 Å². The highest BCUT2D eigenvalue weighted by molar-refractivity contribution is 5.37. The molecule has 1 spiro atoms. The van der Waals surface area contributed by atoms with E-state index in [1.165, 1.54) is 0 Å². The normalized spacial score (nSPS) is 68.0. The van der Waals surface area contributed by atoms with Crippen molar-refractivity contribution in [3.05, 3.63) is 0 Å². The molecule has 0 radical (unpaired) electrons. The number of piperidine rings is 2. The van der Waals surface area contributed by atoms with E-state index in [0.29, 0.717) is 44.6 Å². The highest BCUT2D eigenvalue weighted by atomic mass is 16.7. The number of nitrogens with zero attached hydrogens (tertiary/aromatic N) is 1. The van der Waals surface area contributed by atoms with E-state index < -0.39 is 63.3 Å². The van der Waals surface area contributed by atoms with Crippen LogP contribution >= 0.6 is 0 Å². The zero-order valence-electron chi connectivity index (χ0n) is 21.6. The molecule has 204 valence electrons. The van der Waals surface area contributed by atoms with E-state index in [-0.39, 0.29) is 31.3 Å². The second kappa shape index (κ2) is 6.67. The molecule has 3 saturated heterocycles. The molecule has 9 heteroatoms. The van der Waals surface area contributed by atoms with Gasteiger partial charge in [0.05, 0.1) is 11.7 Å². The van der Waals surface area contributed by atoms with Crippen LogP contribution in [0.2, 0.25) is 0 Å². The van der Waals surface area contributed by atoms with Crippen molar-refractivity contribution in [2.75, 3.05) is 13.1 Å². The fraction of sp³-hybridized carbons (Fsp3) is 1.00. The van der Waals surface area contributed by atoms with Crippen LogP contribution in [-0.4, -0.2) is 106 Å². The highest BCUT2D eigenvalue weighted by Gasteiger charge is 2.88. The van der Waals surface area contributed by atoms with E-state index in [1.54, 1.807) is 6.92 Å². The zero-order valence-corrected chi connectivity index (χ0v) is 21.6. The third kappa shape index (κ3) is 2.27. The minimum Gasteiger partial charge on any atom is -0.390 e. The van der Waals surface area contributed by atoms with Crippen LogP contribution < -0.4 is 0 Å². The topological polar surface area (TPSA) is 154 Å². The minimum absolute atomic E-state index is 0.0208. The van der Waals surface area contributed by atoms with Crippen LogP contribution in [0.25, 0.3) is 0 Å². The van der Waals surface area contributed by atoms with E-state index in [9.17, 15) is 35.7 Å². The van der Waals surface area contributed by atoms with Crippen molar-refractivity contribution >= 4 is 0 Å². The third-order valence-corrected chi connectivity index (χ3v) is 13.1. The number of aliphatic hydroxyl groups is 7. The van der Waals surface area contributed by atoms with Gasteiger partial charge in [0.15, 0.2) is 5.79 Å². The van der Waals surface area contributed by atoms with Gasteiger partial charge in [-0.1, -0.05) is 13.8 Å². The molecule has 36 heavy (non-hydrogen) atoms. The number of fused-ring (bicyclic) bond motifs is 5. The Morgan fingerprint density at radius 2 is 1.47 bits per heavy atom. The molecule has 14 atom stereocenters. The predicted octanol–water partition coefficient (Wildman–Crippen LogP) is -0.526. The summed E-state index contributed by atoms with van der Waals surface area (Å²) < 4.78 is 6.52. The molecule has 7 N–H and O–H groups in total. The average Bonchev–Trinajstić information content (AvgIpc) is 2.97. The summed E-state index contributed by atoms with van der Waals surface area (Å²) in [6.07, 6.45) is 0.752. The maximum atomic E-state index is 12.7. The maximum Gasteiger partial charge on any atom is 0.196 e. The molecule has 7 fully saturated rings. The smallest absolute Gasteiger partial charge is 0.196 e. The standard InChI is InChI=1S/C27H43NO8/c1-14-4-7-18-22(3,31)26(34)17(12-28(18)11-14)24(33)13-25-16(23(24,32)10-20(26)30)6-5-15-21(25,2)9-8-19(29)27(15,35)36-25/h14-20,29-35H,4-13H2,1-3H3/t14-,15-,16-,17-,18-,19-,20-,21-,22+,23+,24+,25+,26-,27-/m0/s1. The first-order chi connectivity index (χ1) is 16.6. The van der Waals surface area contributed by atoms with Crippen molar-refractivity contribution in [2.45, 2.75) is 124 Å². The summed E-state index contributed by atoms with van der Waals surface area (Å²) in [5.41, 5.74) is -9.07. The van der Waals surface area contributed by atoms with Crippen LogP contribution in [-0.2, 0) is 4.74 Å². The molecule has 0 unspecified atom stereocenters. The lowest BCUT2D eigenvalue weighted by atomic mass is 9.49. The van der Waals surface area contributed by atoms with Crippen LogP contribution in [0.5, 0.6) is 0 Å². The second-order valence-corrected chi connectivity index (χ2v) is 14.3. The fourth-order valence-corrected chi connectivity index (χ4v) is 11.3. The molecule has 7 aliphatic rings. The van der Waals surface area contributed by atoms with Gasteiger partial charge in [0.2, 0.25) is 0 Å². The summed E-state index contributed by atoms with van der Waals surface area (Å²) in [6, 6.07) is -0.360. The van der Waals surface area contributed by atoms with E-state index in [2.05, 4.69) is 11.8 Å². The number of hydrogen-bond donors (Lipinski definition) is 7. The summed E-state index contributed by atoms with van der Waals surface area (Å²) in [5.74, 6) is -3.30. The second-order valence-electron chi connectivity index (χ2n) is 14.3. The lowest BCUT2D eigenvalue weighted by molar-refractivity contribution is -0.354. The van der Waals surface area contributed by atoms with E-state index >= 15 is 0 Å². The molecular weight excluding hydrogens is 466 g/mol. The van der Waals surface area contributed by atoms with Crippen LogP contribution in [0.3, 0.4) is 0 Å². The molecule has 0 aromatic heterocycles. The molecule has 3 aliphatic heterocycles. The SMILES string of the molecule is C[C@H]1CC[C@@H]2N(C1)C[C@@H]1[C@](O)([C@@H](O)C[C@@]3(O)[C@@H]4CC[C@@H]5[C@]6(O)O[C@@]4(C[C@@]13O)[C@@]5(C)CC[C@@H]6O)[C@]2(C)O. The fourth-order valence-electron chi connectivity index (χ4n) is 11.3. The summed E-state index contributed by atoms with van der Waals surface area (Å²) in [6.45, 7) is 6.70. The lowest BCUT2D eigenvalue weighted by Gasteiger charge is -2.68. The first-order valence-electron chi connectivity index (χ1n) is 14.0. The Kier molecular flexibility index (Phi) is 4.57. The van der Waals surface area contributed by atoms with Gasteiger partial charge in [-0.05, 0) is 51.4 Å². The Bertz CT molecular complexity index is 995. The Hall–Kier alpha value is -0.360. The van der Waals surface area contributed by atoms with Crippen molar-refractivity contribution in [1.29, 1.82) is 0 Å². The molecule has 4 saturated carbocycles. The molecule has 0 aromatic rings. The van der Waals surface area contributed by atoms with Crippen LogP contribution in [0.15, 0.2) is 0 Å². The number of hydrogen-bond acceptors (Lipinski definition) is 9. The lowest BCUT2D eigenvalue weighted by Crippen LogP contribution is -2.85. The van der Waals surface area contributed by atoms with Crippen molar-refractivity contribution in [1.82, 2.24) is 4.90 Å². The molecule has 4 aliphatic carbocycles. The van der Waals surface area contributed by atoms with E-state index in [4.69, 9.17) is 4.74 Å². The van der Waals surface area contributed by atoms with Crippen LogP contribution in [0.1, 0.15) is 72.1 Å². The van der Waals surface area contributed by atoms with Gasteiger partial charge in [-0.15, -0.1) is 0 Å². The van der Waals surface area contributed by atoms with Gasteiger partial charge < -0.3 is 40.5 Å². The van der Waals surface area contributed by atoms with Gasteiger partial charge in [-0.25, -0.2) is 0 Å². The molecule has 7 rings (SSSR count). The summed E-state index contributed by atoms with van der Waals surface area (Å²) in [4.78, 5) is 2.12. The highest BCUT2D eigenvalue weighted by Crippen LogP contribution is 2.78. The monoisotopic (exact) mass is 509 g/mol. The Morgan fingerprint density at radius 3 is 2.19 bits per heavy atom. The van der Waals surface area contributed by atoms with Gasteiger partial charge in [0.1, 0.15) is 28.5 Å². The third-order valence-electron chi connectivity index (χ3n) is 13.1. The van der Waals surface area contributed by atoms with E-state index in [1.807, 2.05) is 6.92 Å². The summed E-state index contributed by atoms with van der Waals surface area (Å²) in [5, 5.41) is 83.2. The van der Waals surface area contributed by atoms with Gasteiger partial charge in [-0.2, -0.15) is 0 Å². The summed E-state index contributed by atoms with van der Waals surface area (Å²) >= 11 is 0. The maximum absolute atomic E-state index is 12.7. The van der Waals surface area contributed by atoms with Crippen LogP contribution in [0, 0.1) is 29.1 Å². The molecule has 4 bridgehead atoms. The Balaban J connectivity index is 1.39. The predicted molar refractivity (Wildman–Crippen MR) is 126 cm³/mol. The average molecular weight is 510 g/mol. The van der Waals surface area contributed by atoms with Gasteiger partial charge in [0.25, 0.3) is 0 Å². The van der Waals surface area contributed by atoms with Crippen molar-refractivity contribution in [3.8, 4) is 0 Å². The zero-order chi connectivity index (χ0) is 25.9. The first kappa shape index (κ1) is 24.7.